The van der Waals surface area contributed by atoms with Gasteiger partial charge in [-0.2, -0.15) is 0 Å². The number of nitrogens with zero attached hydrogens (tertiary/aromatic N) is 1. The van der Waals surface area contributed by atoms with Crippen molar-refractivity contribution in [1.29, 1.82) is 0 Å². The molecule has 1 aromatic heterocycles. The van der Waals surface area contributed by atoms with Crippen molar-refractivity contribution in [3.05, 3.63) is 70.7 Å². The summed E-state index contributed by atoms with van der Waals surface area (Å²) in [7, 11) is 0. The van der Waals surface area contributed by atoms with Crippen molar-refractivity contribution in [3.63, 3.8) is 0 Å². The average Bonchev–Trinajstić information content (AvgIpc) is 3.35. The van der Waals surface area contributed by atoms with E-state index < -0.39 is 23.5 Å². The van der Waals surface area contributed by atoms with Gasteiger partial charge in [0.25, 0.3) is 5.91 Å². The number of hydrogen-bond acceptors (Lipinski definition) is 6. The number of nitrogens with one attached hydrogen (secondary N) is 2. The summed E-state index contributed by atoms with van der Waals surface area (Å²) < 4.78 is 5.46. The highest BCUT2D eigenvalue weighted by molar-refractivity contribution is 7.14. The van der Waals surface area contributed by atoms with Gasteiger partial charge in [-0.3, -0.25) is 10.1 Å². The molecule has 0 fully saturated rings. The smallest absolute Gasteiger partial charge is 0.413 e. The van der Waals surface area contributed by atoms with Gasteiger partial charge in [0.1, 0.15) is 17.8 Å². The van der Waals surface area contributed by atoms with E-state index in [0.29, 0.717) is 0 Å². The summed E-state index contributed by atoms with van der Waals surface area (Å²) >= 11 is 1.04. The molecule has 32 heavy (non-hydrogen) atoms. The number of carbonyl (C=O) groups excluding carboxylic acids is 2. The molecule has 3 N–H and O–H groups in total. The molecule has 0 radical (unpaired) electrons. The Morgan fingerprint density at radius 3 is 2.25 bits per heavy atom. The van der Waals surface area contributed by atoms with Crippen LogP contribution in [0.2, 0.25) is 0 Å². The lowest BCUT2D eigenvalue weighted by Crippen LogP contribution is -2.49. The molecule has 0 spiro atoms. The third-order valence-electron chi connectivity index (χ3n) is 5.25. The molecule has 1 heterocycles. The maximum Gasteiger partial charge on any atom is 0.413 e. The fourth-order valence-electron chi connectivity index (χ4n) is 3.56. The first-order chi connectivity index (χ1) is 15.3. The van der Waals surface area contributed by atoms with E-state index in [9.17, 15) is 14.4 Å². The Balaban J connectivity index is 1.39. The lowest BCUT2D eigenvalue weighted by Gasteiger charge is -2.20. The zero-order chi connectivity index (χ0) is 22.9. The third-order valence-corrected chi connectivity index (χ3v) is 6.01. The molecule has 9 heteroatoms. The molecule has 0 atom stereocenters. The van der Waals surface area contributed by atoms with Crippen molar-refractivity contribution < 1.29 is 24.2 Å². The van der Waals surface area contributed by atoms with Crippen LogP contribution in [-0.2, 0) is 9.53 Å². The number of carbonyl (C=O) groups is 3. The molecule has 0 saturated heterocycles. The number of benzene rings is 2. The number of amides is 2. The SMILES string of the molecule is CC(C)(NC(=O)c1csc(NC(=O)OCC2c3ccccc3-c3ccccc32)n1)C(=O)O. The summed E-state index contributed by atoms with van der Waals surface area (Å²) in [6.45, 7) is 2.90. The minimum atomic E-state index is -1.44. The van der Waals surface area contributed by atoms with Crippen LogP contribution in [0.25, 0.3) is 11.1 Å². The van der Waals surface area contributed by atoms with Crippen LogP contribution in [0.5, 0.6) is 0 Å². The molecule has 4 rings (SSSR count). The molecule has 0 saturated carbocycles. The summed E-state index contributed by atoms with van der Waals surface area (Å²) in [6.07, 6.45) is -0.681. The summed E-state index contributed by atoms with van der Waals surface area (Å²) in [5.74, 6) is -1.88. The van der Waals surface area contributed by atoms with Crippen molar-refractivity contribution in [1.82, 2.24) is 10.3 Å². The summed E-state index contributed by atoms with van der Waals surface area (Å²) in [5.41, 5.74) is 3.06. The van der Waals surface area contributed by atoms with Gasteiger partial charge in [-0.25, -0.2) is 14.6 Å². The molecular formula is C23H21N3O5S. The Kier molecular flexibility index (Phi) is 5.67. The first-order valence-electron chi connectivity index (χ1n) is 9.89. The number of fused-ring (bicyclic) bond motifs is 3. The second kappa shape index (κ2) is 8.43. The second-order valence-electron chi connectivity index (χ2n) is 7.87. The molecular weight excluding hydrogens is 430 g/mol. The molecule has 164 valence electrons. The standard InChI is InChI=1S/C23H21N3O5S/c1-23(2,20(28)29)26-19(27)18-12-32-21(24-18)25-22(30)31-11-17-15-9-5-3-7-13(15)14-8-4-6-10-16(14)17/h3-10,12,17H,11H2,1-2H3,(H,26,27)(H,28,29)(H,24,25,30). The van der Waals surface area contributed by atoms with Crippen LogP contribution in [-0.4, -0.2) is 40.2 Å². The zero-order valence-corrected chi connectivity index (χ0v) is 18.2. The Hall–Kier alpha value is -3.72. The number of hydrogen-bond donors (Lipinski definition) is 3. The highest BCUT2D eigenvalue weighted by Gasteiger charge is 2.31. The first kappa shape index (κ1) is 21.5. The van der Waals surface area contributed by atoms with Gasteiger partial charge >= 0.3 is 12.1 Å². The van der Waals surface area contributed by atoms with Gasteiger partial charge in [-0.15, -0.1) is 11.3 Å². The van der Waals surface area contributed by atoms with Crippen molar-refractivity contribution in [2.75, 3.05) is 11.9 Å². The predicted molar refractivity (Wildman–Crippen MR) is 120 cm³/mol. The van der Waals surface area contributed by atoms with E-state index in [-0.39, 0.29) is 23.4 Å². The summed E-state index contributed by atoms with van der Waals surface area (Å²) in [4.78, 5) is 39.8. The fraction of sp³-hybridized carbons (Fsp3) is 0.217. The molecule has 0 unspecified atom stereocenters. The number of ether oxygens (including phenoxy) is 1. The number of anilines is 1. The van der Waals surface area contributed by atoms with Crippen LogP contribution in [0.4, 0.5) is 9.93 Å². The number of carboxylic acid groups (broad SMARTS) is 1. The maximum absolute atomic E-state index is 12.3. The zero-order valence-electron chi connectivity index (χ0n) is 17.4. The molecule has 2 amide bonds. The normalized spacial score (nSPS) is 12.6. The summed E-state index contributed by atoms with van der Waals surface area (Å²) in [6, 6.07) is 16.1. The van der Waals surface area contributed by atoms with Gasteiger partial charge in [0.2, 0.25) is 0 Å². The van der Waals surface area contributed by atoms with E-state index in [4.69, 9.17) is 9.84 Å². The van der Waals surface area contributed by atoms with Gasteiger partial charge in [-0.05, 0) is 36.1 Å². The van der Waals surface area contributed by atoms with E-state index in [1.54, 1.807) is 0 Å². The molecule has 0 bridgehead atoms. The average molecular weight is 452 g/mol. The predicted octanol–water partition coefficient (Wildman–Crippen LogP) is 4.10. The topological polar surface area (TPSA) is 118 Å². The van der Waals surface area contributed by atoms with Crippen molar-refractivity contribution in [2.45, 2.75) is 25.3 Å². The molecule has 8 nitrogen and oxygen atoms in total. The van der Waals surface area contributed by atoms with E-state index in [0.717, 1.165) is 33.6 Å². The second-order valence-corrected chi connectivity index (χ2v) is 8.73. The van der Waals surface area contributed by atoms with E-state index in [2.05, 4.69) is 27.8 Å². The van der Waals surface area contributed by atoms with Gasteiger partial charge in [0.15, 0.2) is 5.13 Å². The van der Waals surface area contributed by atoms with E-state index in [1.807, 2.05) is 36.4 Å². The molecule has 3 aromatic rings. The molecule has 1 aliphatic rings. The van der Waals surface area contributed by atoms with Gasteiger partial charge in [0.05, 0.1) is 0 Å². The number of aliphatic carboxylic acids is 1. The Bertz CT molecular complexity index is 1160. The highest BCUT2D eigenvalue weighted by atomic mass is 32.1. The summed E-state index contributed by atoms with van der Waals surface area (Å²) in [5, 5.41) is 15.7. The van der Waals surface area contributed by atoms with Crippen LogP contribution in [0.1, 0.15) is 41.4 Å². The Morgan fingerprint density at radius 1 is 1.06 bits per heavy atom. The van der Waals surface area contributed by atoms with Crippen molar-refractivity contribution in [2.24, 2.45) is 0 Å². The molecule has 0 aliphatic heterocycles. The monoisotopic (exact) mass is 451 g/mol. The lowest BCUT2D eigenvalue weighted by atomic mass is 9.98. The van der Waals surface area contributed by atoms with Crippen LogP contribution in [0.3, 0.4) is 0 Å². The van der Waals surface area contributed by atoms with Crippen LogP contribution >= 0.6 is 11.3 Å². The van der Waals surface area contributed by atoms with Crippen molar-refractivity contribution >= 4 is 34.4 Å². The number of aromatic nitrogens is 1. The van der Waals surface area contributed by atoms with Gasteiger partial charge in [-0.1, -0.05) is 48.5 Å². The fourth-order valence-corrected chi connectivity index (χ4v) is 4.23. The van der Waals surface area contributed by atoms with E-state index >= 15 is 0 Å². The van der Waals surface area contributed by atoms with Gasteiger partial charge in [0, 0.05) is 11.3 Å². The van der Waals surface area contributed by atoms with E-state index in [1.165, 1.54) is 19.2 Å². The highest BCUT2D eigenvalue weighted by Crippen LogP contribution is 2.44. The number of carboxylic acids is 1. The minimum absolute atomic E-state index is 0.0123. The quantitative estimate of drug-likeness (QED) is 0.519. The molecule has 1 aliphatic carbocycles. The first-order valence-corrected chi connectivity index (χ1v) is 10.8. The lowest BCUT2D eigenvalue weighted by molar-refractivity contribution is -0.143. The van der Waals surface area contributed by atoms with Crippen LogP contribution < -0.4 is 10.6 Å². The Morgan fingerprint density at radius 2 is 1.66 bits per heavy atom. The largest absolute Gasteiger partial charge is 0.480 e. The Labute approximate surface area is 188 Å². The number of rotatable bonds is 6. The maximum atomic E-state index is 12.3. The van der Waals surface area contributed by atoms with Crippen molar-refractivity contribution in [3.8, 4) is 11.1 Å². The van der Waals surface area contributed by atoms with Crippen LogP contribution in [0.15, 0.2) is 53.9 Å². The number of thiazole rings is 1. The van der Waals surface area contributed by atoms with Gasteiger partial charge < -0.3 is 15.2 Å². The molecule has 2 aromatic carbocycles. The minimum Gasteiger partial charge on any atom is -0.480 e. The third kappa shape index (κ3) is 4.19. The van der Waals surface area contributed by atoms with Crippen LogP contribution in [0, 0.1) is 0 Å².